The molecule has 10 nitrogen and oxygen atoms in total. The van der Waals surface area contributed by atoms with Crippen LogP contribution < -0.4 is 4.90 Å². The van der Waals surface area contributed by atoms with Gasteiger partial charge in [-0.3, -0.25) is 9.69 Å². The summed E-state index contributed by atoms with van der Waals surface area (Å²) in [4.78, 5) is 33.7. The first kappa shape index (κ1) is 21.8. The van der Waals surface area contributed by atoms with Crippen molar-refractivity contribution in [3.63, 3.8) is 0 Å². The van der Waals surface area contributed by atoms with E-state index in [1.807, 2.05) is 16.4 Å². The Labute approximate surface area is 192 Å². The second-order valence-electron chi connectivity index (χ2n) is 8.44. The Hall–Kier alpha value is -2.01. The molecule has 3 fully saturated rings. The lowest BCUT2D eigenvalue weighted by Crippen LogP contribution is -2.50. The van der Waals surface area contributed by atoms with Gasteiger partial charge < -0.3 is 23.8 Å². The average Bonchev–Trinajstić information content (AvgIpc) is 3.22. The Balaban J connectivity index is 1.39. The summed E-state index contributed by atoms with van der Waals surface area (Å²) in [7, 11) is 0. The normalized spacial score (nSPS) is 21.4. The maximum absolute atomic E-state index is 13.5. The minimum Gasteiger partial charge on any atom is -0.379 e. The van der Waals surface area contributed by atoms with Crippen LogP contribution in [0, 0.1) is 0 Å². The number of amides is 1. The molecule has 3 aliphatic heterocycles. The first-order valence-electron chi connectivity index (χ1n) is 11.5. The molecule has 2 aromatic heterocycles. The lowest BCUT2D eigenvalue weighted by atomic mass is 10.0. The Morgan fingerprint density at radius 2 is 1.62 bits per heavy atom. The monoisotopic (exact) mass is 463 g/mol. The van der Waals surface area contributed by atoms with Gasteiger partial charge in [-0.15, -0.1) is 0 Å². The summed E-state index contributed by atoms with van der Waals surface area (Å²) >= 11 is 6.27. The van der Waals surface area contributed by atoms with Gasteiger partial charge in [-0.2, -0.15) is 9.97 Å². The molecule has 0 atom stereocenters. The third-order valence-corrected chi connectivity index (χ3v) is 6.85. The van der Waals surface area contributed by atoms with Crippen molar-refractivity contribution in [3.8, 4) is 0 Å². The number of morpholine rings is 2. The van der Waals surface area contributed by atoms with Crippen LogP contribution in [-0.4, -0.2) is 107 Å². The lowest BCUT2D eigenvalue weighted by Gasteiger charge is -2.39. The van der Waals surface area contributed by atoms with E-state index in [1.165, 1.54) is 0 Å². The Kier molecular flexibility index (Phi) is 6.45. The van der Waals surface area contributed by atoms with Crippen molar-refractivity contribution in [1.82, 2.24) is 29.3 Å². The molecule has 3 aliphatic rings. The second kappa shape index (κ2) is 9.46. The molecule has 0 N–H and O–H groups in total. The van der Waals surface area contributed by atoms with Crippen LogP contribution in [0.3, 0.4) is 0 Å². The van der Waals surface area contributed by atoms with Gasteiger partial charge in [0.05, 0.1) is 26.4 Å². The number of rotatable bonds is 4. The third-order valence-electron chi connectivity index (χ3n) is 6.68. The fourth-order valence-electron chi connectivity index (χ4n) is 4.94. The first-order valence-corrected chi connectivity index (χ1v) is 11.9. The fourth-order valence-corrected chi connectivity index (χ4v) is 5.10. The molecule has 5 heterocycles. The molecule has 0 aromatic carbocycles. The van der Waals surface area contributed by atoms with E-state index in [1.54, 1.807) is 0 Å². The minimum atomic E-state index is -0.0469. The van der Waals surface area contributed by atoms with Crippen molar-refractivity contribution in [1.29, 1.82) is 0 Å². The van der Waals surface area contributed by atoms with Crippen molar-refractivity contribution in [2.24, 2.45) is 0 Å². The summed E-state index contributed by atoms with van der Waals surface area (Å²) in [6.45, 7) is 10.3. The highest BCUT2D eigenvalue weighted by atomic mass is 35.5. The summed E-state index contributed by atoms with van der Waals surface area (Å²) in [6, 6.07) is 0.519. The van der Waals surface area contributed by atoms with E-state index < -0.39 is 0 Å². The van der Waals surface area contributed by atoms with E-state index in [-0.39, 0.29) is 11.2 Å². The predicted octanol–water partition coefficient (Wildman–Crippen LogP) is 1.27. The molecule has 1 amide bonds. The maximum Gasteiger partial charge on any atom is 0.289 e. The maximum atomic E-state index is 13.5. The zero-order chi connectivity index (χ0) is 22.1. The summed E-state index contributed by atoms with van der Waals surface area (Å²) in [5, 5.41) is 0.166. The van der Waals surface area contributed by atoms with Crippen LogP contribution >= 0.6 is 11.6 Å². The van der Waals surface area contributed by atoms with Crippen LogP contribution in [0.5, 0.6) is 0 Å². The quantitative estimate of drug-likeness (QED) is 0.626. The Bertz CT molecular complexity index is 964. The highest BCUT2D eigenvalue weighted by Crippen LogP contribution is 2.28. The van der Waals surface area contributed by atoms with Crippen molar-refractivity contribution >= 4 is 34.5 Å². The van der Waals surface area contributed by atoms with E-state index >= 15 is 0 Å². The number of carbonyl (C=O) groups excluding carboxylic acids is 1. The molecule has 5 rings (SSSR count). The van der Waals surface area contributed by atoms with E-state index in [4.69, 9.17) is 26.1 Å². The van der Waals surface area contributed by atoms with Gasteiger partial charge in [-0.05, 0) is 31.4 Å². The molecule has 0 saturated carbocycles. The highest BCUT2D eigenvalue weighted by molar-refractivity contribution is 6.28. The number of aromatic nitrogens is 4. The van der Waals surface area contributed by atoms with Crippen LogP contribution in [0.4, 0.5) is 5.82 Å². The van der Waals surface area contributed by atoms with Gasteiger partial charge in [0, 0.05) is 51.9 Å². The van der Waals surface area contributed by atoms with Crippen molar-refractivity contribution in [3.05, 3.63) is 11.1 Å². The number of fused-ring (bicyclic) bond motifs is 1. The summed E-state index contributed by atoms with van der Waals surface area (Å²) < 4.78 is 12.8. The molecule has 0 unspecified atom stereocenters. The van der Waals surface area contributed by atoms with Crippen LogP contribution in [0.1, 0.15) is 30.4 Å². The lowest BCUT2D eigenvalue weighted by molar-refractivity contribution is 0.00142. The number of carbonyl (C=O) groups is 1. The SMILES string of the molecule is CCn1c(C(=O)N2CCC(N3CCOCC3)CC2)nc2c(N3CCOCC3)nc(Cl)nc21. The standard InChI is InChI=1S/C21H30ClN7O3/c1-2-29-18-16(17(24-21(22)25-18)27-9-13-32-14-10-27)23-19(29)20(30)28-5-3-15(4-6-28)26-7-11-31-12-8-26/h15H,2-14H2,1H3. The Morgan fingerprint density at radius 1 is 0.969 bits per heavy atom. The number of nitrogens with zero attached hydrogens (tertiary/aromatic N) is 7. The molecule has 174 valence electrons. The van der Waals surface area contributed by atoms with Crippen molar-refractivity contribution in [2.45, 2.75) is 32.4 Å². The number of hydrogen-bond acceptors (Lipinski definition) is 8. The summed E-state index contributed by atoms with van der Waals surface area (Å²) in [5.74, 6) is 1.04. The molecule has 0 aliphatic carbocycles. The Morgan fingerprint density at radius 3 is 2.28 bits per heavy atom. The largest absolute Gasteiger partial charge is 0.379 e. The molecule has 11 heteroatoms. The topological polar surface area (TPSA) is 88.9 Å². The van der Waals surface area contributed by atoms with Gasteiger partial charge in [-0.1, -0.05) is 0 Å². The van der Waals surface area contributed by atoms with E-state index in [0.29, 0.717) is 61.7 Å². The summed E-state index contributed by atoms with van der Waals surface area (Å²) in [6.07, 6.45) is 1.95. The van der Waals surface area contributed by atoms with Crippen LogP contribution in [0.15, 0.2) is 0 Å². The van der Waals surface area contributed by atoms with Gasteiger partial charge in [-0.25, -0.2) is 4.98 Å². The molecule has 3 saturated heterocycles. The van der Waals surface area contributed by atoms with Crippen LogP contribution in [-0.2, 0) is 16.0 Å². The smallest absolute Gasteiger partial charge is 0.289 e. The van der Waals surface area contributed by atoms with Crippen LogP contribution in [0.25, 0.3) is 11.2 Å². The van der Waals surface area contributed by atoms with Gasteiger partial charge >= 0.3 is 0 Å². The number of ether oxygens (including phenoxy) is 2. The highest BCUT2D eigenvalue weighted by Gasteiger charge is 2.31. The molecule has 32 heavy (non-hydrogen) atoms. The zero-order valence-corrected chi connectivity index (χ0v) is 19.3. The number of anilines is 1. The van der Waals surface area contributed by atoms with E-state index in [0.717, 1.165) is 52.2 Å². The number of likely N-dealkylation sites (tertiary alicyclic amines) is 1. The number of hydrogen-bond donors (Lipinski definition) is 0. The van der Waals surface area contributed by atoms with Gasteiger partial charge in [0.2, 0.25) is 11.1 Å². The average molecular weight is 464 g/mol. The zero-order valence-electron chi connectivity index (χ0n) is 18.5. The van der Waals surface area contributed by atoms with Gasteiger partial charge in [0.15, 0.2) is 17.0 Å². The third kappa shape index (κ3) is 4.16. The molecule has 2 aromatic rings. The number of imidazole rings is 1. The van der Waals surface area contributed by atoms with Gasteiger partial charge in [0.25, 0.3) is 5.91 Å². The molecule has 0 bridgehead atoms. The van der Waals surface area contributed by atoms with E-state index in [2.05, 4.69) is 19.8 Å². The minimum absolute atomic E-state index is 0.0469. The van der Waals surface area contributed by atoms with Crippen LogP contribution in [0.2, 0.25) is 5.28 Å². The molecular formula is C21H30ClN7O3. The van der Waals surface area contributed by atoms with Gasteiger partial charge in [0.1, 0.15) is 0 Å². The summed E-state index contributed by atoms with van der Waals surface area (Å²) in [5.41, 5.74) is 1.24. The van der Waals surface area contributed by atoms with Crippen molar-refractivity contribution < 1.29 is 14.3 Å². The van der Waals surface area contributed by atoms with E-state index in [9.17, 15) is 4.79 Å². The molecule has 0 radical (unpaired) electrons. The number of piperidine rings is 1. The molecular weight excluding hydrogens is 434 g/mol. The molecule has 0 spiro atoms. The number of aryl methyl sites for hydroxylation is 1. The number of halogens is 1. The predicted molar refractivity (Wildman–Crippen MR) is 120 cm³/mol. The second-order valence-corrected chi connectivity index (χ2v) is 8.78. The van der Waals surface area contributed by atoms with Crippen molar-refractivity contribution in [2.75, 3.05) is 70.6 Å². The fraction of sp³-hybridized carbons (Fsp3) is 0.714. The first-order chi connectivity index (χ1) is 15.7.